The number of nitrogens with one attached hydrogen (secondary N) is 1. The second kappa shape index (κ2) is 8.83. The normalized spacial score (nSPS) is 13.7. The molecule has 0 unspecified atom stereocenters. The molecule has 1 heterocycles. The van der Waals surface area contributed by atoms with E-state index in [1.54, 1.807) is 0 Å². The summed E-state index contributed by atoms with van der Waals surface area (Å²) in [4.78, 5) is 25.3. The van der Waals surface area contributed by atoms with Crippen LogP contribution in [0.25, 0.3) is 0 Å². The molecule has 0 atom stereocenters. The van der Waals surface area contributed by atoms with Crippen molar-refractivity contribution in [2.75, 3.05) is 30.8 Å². The van der Waals surface area contributed by atoms with Crippen LogP contribution in [0, 0.1) is 5.82 Å². The zero-order chi connectivity index (χ0) is 16.7. The van der Waals surface area contributed by atoms with Crippen LogP contribution in [0.4, 0.5) is 10.1 Å². The number of hydrogen-bond acceptors (Lipinski definition) is 5. The molecule has 2 rings (SSSR count). The average molecular weight is 356 g/mol. The molecule has 0 radical (unpaired) electrons. The van der Waals surface area contributed by atoms with Crippen molar-refractivity contribution in [3.8, 4) is 0 Å². The van der Waals surface area contributed by atoms with Crippen LogP contribution < -0.4 is 5.32 Å². The fraction of sp³-hybridized carbons (Fsp3) is 0.400. The largest absolute Gasteiger partial charge is 0.455 e. The van der Waals surface area contributed by atoms with Gasteiger partial charge in [-0.2, -0.15) is 0 Å². The summed E-state index contributed by atoms with van der Waals surface area (Å²) in [6, 6.07) is 5.33. The Balaban J connectivity index is 1.64. The highest BCUT2D eigenvalue weighted by Crippen LogP contribution is 2.16. The number of amides is 1. The van der Waals surface area contributed by atoms with E-state index in [2.05, 4.69) is 10.2 Å². The van der Waals surface area contributed by atoms with Crippen LogP contribution >= 0.6 is 24.0 Å². The Morgan fingerprint density at radius 1 is 1.26 bits per heavy atom. The lowest BCUT2D eigenvalue weighted by Crippen LogP contribution is -2.25. The second-order valence-electron chi connectivity index (χ2n) is 4.96. The van der Waals surface area contributed by atoms with E-state index in [1.165, 1.54) is 36.0 Å². The highest BCUT2D eigenvalue weighted by Gasteiger charge is 2.17. The quantitative estimate of drug-likeness (QED) is 0.646. The monoisotopic (exact) mass is 356 g/mol. The lowest BCUT2D eigenvalue weighted by Gasteiger charge is -2.17. The number of ether oxygens (including phenoxy) is 1. The van der Waals surface area contributed by atoms with E-state index in [1.807, 2.05) is 0 Å². The van der Waals surface area contributed by atoms with Crippen LogP contribution in [0.1, 0.15) is 12.8 Å². The number of carbonyl (C=O) groups excluding carboxylic acids is 2. The van der Waals surface area contributed by atoms with E-state index in [0.29, 0.717) is 10.0 Å². The predicted octanol–water partition coefficient (Wildman–Crippen LogP) is 2.42. The van der Waals surface area contributed by atoms with Crippen molar-refractivity contribution in [1.29, 1.82) is 0 Å². The van der Waals surface area contributed by atoms with Crippen molar-refractivity contribution in [2.45, 2.75) is 12.8 Å². The van der Waals surface area contributed by atoms with Gasteiger partial charge in [0.15, 0.2) is 6.61 Å². The predicted molar refractivity (Wildman–Crippen MR) is 91.9 cm³/mol. The molecule has 1 aromatic rings. The second-order valence-corrected chi connectivity index (χ2v) is 6.57. The van der Waals surface area contributed by atoms with Gasteiger partial charge in [-0.3, -0.25) is 9.59 Å². The van der Waals surface area contributed by atoms with E-state index in [0.717, 1.165) is 25.9 Å². The molecule has 1 N–H and O–H groups in total. The standard InChI is InChI=1S/C15H17FN2O3S2/c16-11-3-5-12(6-4-11)17-13(19)9-21-14(20)10-23-15(22)18-7-1-2-8-18/h3-6H,1-2,7-10H2,(H,17,19). The van der Waals surface area contributed by atoms with E-state index in [9.17, 15) is 14.0 Å². The molecule has 0 aliphatic carbocycles. The first kappa shape index (κ1) is 17.7. The lowest BCUT2D eigenvalue weighted by molar-refractivity contribution is -0.144. The molecule has 1 aliphatic rings. The third-order valence-corrected chi connectivity index (χ3v) is 4.67. The minimum atomic E-state index is -0.495. The number of esters is 1. The number of thiocarbonyl (C=S) groups is 1. The average Bonchev–Trinajstić information content (AvgIpc) is 3.07. The maximum atomic E-state index is 12.7. The minimum absolute atomic E-state index is 0.0825. The fourth-order valence-electron chi connectivity index (χ4n) is 2.03. The van der Waals surface area contributed by atoms with Crippen LogP contribution in [0.15, 0.2) is 24.3 Å². The van der Waals surface area contributed by atoms with Gasteiger partial charge < -0.3 is 15.0 Å². The number of anilines is 1. The van der Waals surface area contributed by atoms with Gasteiger partial charge in [0.05, 0.1) is 5.75 Å². The number of likely N-dealkylation sites (tertiary alicyclic amines) is 1. The summed E-state index contributed by atoms with van der Waals surface area (Å²) in [5.41, 5.74) is 0.442. The Morgan fingerprint density at radius 3 is 2.57 bits per heavy atom. The van der Waals surface area contributed by atoms with Crippen LogP contribution in [0.2, 0.25) is 0 Å². The maximum Gasteiger partial charge on any atom is 0.316 e. The molecular formula is C15H17FN2O3S2. The maximum absolute atomic E-state index is 12.7. The van der Waals surface area contributed by atoms with Crippen molar-refractivity contribution < 1.29 is 18.7 Å². The van der Waals surface area contributed by atoms with Crippen molar-refractivity contribution in [3.05, 3.63) is 30.1 Å². The first-order valence-electron chi connectivity index (χ1n) is 7.17. The van der Waals surface area contributed by atoms with Gasteiger partial charge in [-0.15, -0.1) is 0 Å². The van der Waals surface area contributed by atoms with Crippen LogP contribution in [0.3, 0.4) is 0 Å². The van der Waals surface area contributed by atoms with E-state index in [-0.39, 0.29) is 18.2 Å². The van der Waals surface area contributed by atoms with Crippen LogP contribution in [-0.4, -0.2) is 46.5 Å². The molecule has 8 heteroatoms. The van der Waals surface area contributed by atoms with Gasteiger partial charge in [-0.25, -0.2) is 4.39 Å². The van der Waals surface area contributed by atoms with Crippen molar-refractivity contribution in [3.63, 3.8) is 0 Å². The summed E-state index contributed by atoms with van der Waals surface area (Å²) < 4.78 is 18.3. The molecule has 1 saturated heterocycles. The van der Waals surface area contributed by atoms with Gasteiger partial charge in [0.1, 0.15) is 10.1 Å². The molecule has 5 nitrogen and oxygen atoms in total. The van der Waals surface area contributed by atoms with Crippen molar-refractivity contribution in [2.24, 2.45) is 0 Å². The number of benzene rings is 1. The first-order chi connectivity index (χ1) is 11.0. The molecule has 0 spiro atoms. The Labute approximate surface area is 143 Å². The fourth-order valence-corrected chi connectivity index (χ4v) is 3.08. The van der Waals surface area contributed by atoms with Crippen LogP contribution in [0.5, 0.6) is 0 Å². The summed E-state index contributed by atoms with van der Waals surface area (Å²) in [7, 11) is 0. The van der Waals surface area contributed by atoms with E-state index >= 15 is 0 Å². The molecule has 0 aromatic heterocycles. The summed E-state index contributed by atoms with van der Waals surface area (Å²) in [6.45, 7) is 1.48. The number of thioether (sulfide) groups is 1. The third-order valence-electron chi connectivity index (χ3n) is 3.17. The topological polar surface area (TPSA) is 58.6 Å². The first-order valence-corrected chi connectivity index (χ1v) is 8.57. The lowest BCUT2D eigenvalue weighted by atomic mass is 10.3. The van der Waals surface area contributed by atoms with Crippen molar-refractivity contribution >= 4 is 45.9 Å². The molecule has 1 aliphatic heterocycles. The number of halogens is 1. The van der Waals surface area contributed by atoms with Gasteiger partial charge in [0, 0.05) is 18.8 Å². The van der Waals surface area contributed by atoms with E-state index in [4.69, 9.17) is 17.0 Å². The highest BCUT2D eigenvalue weighted by atomic mass is 32.2. The molecule has 1 fully saturated rings. The molecule has 1 amide bonds. The molecule has 0 saturated carbocycles. The molecule has 23 heavy (non-hydrogen) atoms. The Bertz CT molecular complexity index is 575. The highest BCUT2D eigenvalue weighted by molar-refractivity contribution is 8.23. The van der Waals surface area contributed by atoms with Crippen molar-refractivity contribution in [1.82, 2.24) is 4.90 Å². The SMILES string of the molecule is O=C(COC(=O)CSC(=S)N1CCCC1)Nc1ccc(F)cc1. The number of nitrogens with zero attached hydrogens (tertiary/aromatic N) is 1. The zero-order valence-corrected chi connectivity index (χ0v) is 14.1. The smallest absolute Gasteiger partial charge is 0.316 e. The Morgan fingerprint density at radius 2 is 1.91 bits per heavy atom. The number of carbonyl (C=O) groups is 2. The minimum Gasteiger partial charge on any atom is -0.455 e. The number of rotatable bonds is 5. The van der Waals surface area contributed by atoms with E-state index < -0.39 is 11.9 Å². The Hall–Kier alpha value is -1.67. The van der Waals surface area contributed by atoms with Gasteiger partial charge in [-0.1, -0.05) is 24.0 Å². The van der Waals surface area contributed by atoms with Gasteiger partial charge in [0.2, 0.25) is 0 Å². The summed E-state index contributed by atoms with van der Waals surface area (Å²) in [5, 5.41) is 2.51. The molecule has 124 valence electrons. The summed E-state index contributed by atoms with van der Waals surface area (Å²) in [5.74, 6) is -1.28. The van der Waals surface area contributed by atoms with Gasteiger partial charge in [0.25, 0.3) is 5.91 Å². The molecule has 0 bridgehead atoms. The summed E-state index contributed by atoms with van der Waals surface area (Å²) >= 11 is 6.48. The third kappa shape index (κ3) is 6.15. The zero-order valence-electron chi connectivity index (χ0n) is 12.4. The van der Waals surface area contributed by atoms with Crippen LogP contribution in [-0.2, 0) is 14.3 Å². The molecule has 1 aromatic carbocycles. The molecular weight excluding hydrogens is 339 g/mol. The number of hydrogen-bond donors (Lipinski definition) is 1. The summed E-state index contributed by atoms with van der Waals surface area (Å²) in [6.07, 6.45) is 2.24. The van der Waals surface area contributed by atoms with Gasteiger partial charge >= 0.3 is 5.97 Å². The van der Waals surface area contributed by atoms with Gasteiger partial charge in [-0.05, 0) is 37.1 Å². The Kier molecular flexibility index (Phi) is 6.79.